The van der Waals surface area contributed by atoms with Crippen LogP contribution in [0.15, 0.2) is 47.1 Å². The molecule has 2 radical (unpaired) electrons. The fourth-order valence-electron chi connectivity index (χ4n) is 3.20. The van der Waals surface area contributed by atoms with Gasteiger partial charge < -0.3 is 19.8 Å². The normalized spacial score (nSPS) is 12.5. The first-order valence-corrected chi connectivity index (χ1v) is 14.2. The van der Waals surface area contributed by atoms with Gasteiger partial charge in [0.05, 0.1) is 32.6 Å². The molecule has 0 fully saturated rings. The molecule has 0 spiro atoms. The summed E-state index contributed by atoms with van der Waals surface area (Å²) in [5.41, 5.74) is 3.71. The number of phosphoric acid groups is 1. The van der Waals surface area contributed by atoms with E-state index in [0.717, 1.165) is 15.9 Å². The zero-order chi connectivity index (χ0) is 25.4. The van der Waals surface area contributed by atoms with Crippen LogP contribution in [0, 0.1) is 0 Å². The number of hydrogen-bond acceptors (Lipinski definition) is 10. The molecule has 2 aromatic heterocycles. The van der Waals surface area contributed by atoms with E-state index in [-0.39, 0.29) is 55.0 Å². The summed E-state index contributed by atoms with van der Waals surface area (Å²) in [5, 5.41) is 3.66. The van der Waals surface area contributed by atoms with Crippen LogP contribution in [0.3, 0.4) is 0 Å². The number of ether oxygens (including phenoxy) is 1. The second-order valence-corrected chi connectivity index (χ2v) is 13.3. The summed E-state index contributed by atoms with van der Waals surface area (Å²) >= 11 is 1.53. The zero-order valence-electron chi connectivity index (χ0n) is 19.7. The Morgan fingerprint density at radius 1 is 1.06 bits per heavy atom. The van der Waals surface area contributed by atoms with Crippen LogP contribution in [0.25, 0.3) is 21.1 Å². The van der Waals surface area contributed by atoms with Gasteiger partial charge in [0.2, 0.25) is 0 Å². The quantitative estimate of drug-likeness (QED) is 0.159. The number of aromatic nitrogens is 3. The van der Waals surface area contributed by atoms with Gasteiger partial charge in [-0.25, -0.2) is 27.9 Å². The molecule has 4 aromatic rings. The van der Waals surface area contributed by atoms with Gasteiger partial charge in [0.15, 0.2) is 9.84 Å². The van der Waals surface area contributed by atoms with Crippen LogP contribution < -0.4 is 10.1 Å². The van der Waals surface area contributed by atoms with Crippen molar-refractivity contribution in [1.82, 2.24) is 15.0 Å². The van der Waals surface area contributed by atoms with Crippen LogP contribution in [0.5, 0.6) is 5.75 Å². The third kappa shape index (κ3) is 6.53. The third-order valence-electron chi connectivity index (χ3n) is 4.99. The van der Waals surface area contributed by atoms with E-state index < -0.39 is 29.0 Å². The molecule has 188 valence electrons. The van der Waals surface area contributed by atoms with Crippen molar-refractivity contribution in [2.45, 2.75) is 30.4 Å². The van der Waals surface area contributed by atoms with E-state index in [4.69, 9.17) is 14.5 Å². The molecule has 0 saturated carbocycles. The van der Waals surface area contributed by atoms with Gasteiger partial charge in [0, 0.05) is 54.9 Å². The molecular weight excluding hydrogens is 555 g/mol. The van der Waals surface area contributed by atoms with E-state index in [0.29, 0.717) is 16.7 Å². The number of sulfone groups is 1. The van der Waals surface area contributed by atoms with Crippen molar-refractivity contribution in [2.24, 2.45) is 0 Å². The van der Waals surface area contributed by atoms with Crippen LogP contribution >= 0.6 is 19.2 Å². The van der Waals surface area contributed by atoms with Crippen molar-refractivity contribution in [3.05, 3.63) is 42.2 Å². The van der Waals surface area contributed by atoms with Crippen molar-refractivity contribution in [1.29, 1.82) is 0 Å². The molecule has 2 aromatic carbocycles. The monoisotopic (exact) mass is 578 g/mol. The van der Waals surface area contributed by atoms with E-state index in [1.54, 1.807) is 26.3 Å². The van der Waals surface area contributed by atoms with Gasteiger partial charge in [-0.3, -0.25) is 4.52 Å². The minimum Gasteiger partial charge on any atom is -0.490 e. The van der Waals surface area contributed by atoms with Gasteiger partial charge >= 0.3 is 7.82 Å². The summed E-state index contributed by atoms with van der Waals surface area (Å²) in [4.78, 5) is 30.5. The summed E-state index contributed by atoms with van der Waals surface area (Å²) in [7, 11) is -8.57. The minimum atomic E-state index is -4.68. The first kappa shape index (κ1) is 29.2. The fraction of sp³-hybridized carbons (Fsp3) is 0.286. The molecule has 2 heterocycles. The van der Waals surface area contributed by atoms with Gasteiger partial charge in [-0.05, 0) is 45.0 Å². The Kier molecular flexibility index (Phi) is 9.02. The van der Waals surface area contributed by atoms with Crippen molar-refractivity contribution in [2.75, 3.05) is 18.5 Å². The average Bonchev–Trinajstić information content (AvgIpc) is 3.23. The van der Waals surface area contributed by atoms with Gasteiger partial charge in [0.25, 0.3) is 0 Å². The Bertz CT molecular complexity index is 1550. The summed E-state index contributed by atoms with van der Waals surface area (Å²) in [6, 6.07) is 8.57. The minimum absolute atomic E-state index is 0. The molecule has 0 atom stereocenters. The smallest absolute Gasteiger partial charge is 0.469 e. The van der Waals surface area contributed by atoms with Crippen molar-refractivity contribution < 1.29 is 32.0 Å². The Morgan fingerprint density at radius 2 is 1.81 bits per heavy atom. The summed E-state index contributed by atoms with van der Waals surface area (Å²) < 4.78 is 47.6. The van der Waals surface area contributed by atoms with E-state index in [9.17, 15) is 13.0 Å². The van der Waals surface area contributed by atoms with E-state index in [1.807, 2.05) is 18.2 Å². The Balaban J connectivity index is 0.00000361. The zero-order valence-corrected chi connectivity index (χ0v) is 24.4. The summed E-state index contributed by atoms with van der Waals surface area (Å²) in [6.45, 7) is 3.98. The molecule has 36 heavy (non-hydrogen) atoms. The SMILES string of the molecule is CC(C)(C)S(=O)(=O)c1cc2c(Nc3ccc4scnc4c3)ncnc2cc1OCCOP(=O)(O)O.[Ca]. The number of rotatable bonds is 8. The molecule has 4 rings (SSSR count). The molecule has 0 bridgehead atoms. The average molecular weight is 579 g/mol. The number of anilines is 2. The maximum absolute atomic E-state index is 13.4. The molecule has 0 unspecified atom stereocenters. The van der Waals surface area contributed by atoms with Gasteiger partial charge in [-0.1, -0.05) is 0 Å². The molecule has 11 nitrogen and oxygen atoms in total. The molecule has 0 aliphatic rings. The van der Waals surface area contributed by atoms with Gasteiger partial charge in [0.1, 0.15) is 29.4 Å². The predicted octanol–water partition coefficient (Wildman–Crippen LogP) is 3.66. The van der Waals surface area contributed by atoms with Crippen LogP contribution in [-0.2, 0) is 18.9 Å². The maximum atomic E-state index is 13.4. The largest absolute Gasteiger partial charge is 0.490 e. The van der Waals surface area contributed by atoms with Crippen LogP contribution in [0.1, 0.15) is 20.8 Å². The van der Waals surface area contributed by atoms with E-state index in [1.165, 1.54) is 29.8 Å². The van der Waals surface area contributed by atoms with Crippen molar-refractivity contribution in [3.8, 4) is 5.75 Å². The molecule has 15 heteroatoms. The molecule has 3 N–H and O–H groups in total. The summed E-state index contributed by atoms with van der Waals surface area (Å²) in [5.74, 6) is 0.390. The standard InChI is InChI=1S/C21H23N4O7PS2.Ca/c1-21(2,3)35(29,30)19-9-14-15(10-17(19)31-6-7-32-33(26,27)28)22-11-23-20(14)25-13-4-5-18-16(8-13)24-12-34-18;/h4-5,8-12H,6-7H2,1-3H3,(H,22,23,25)(H2,26,27,28);. The van der Waals surface area contributed by atoms with Crippen molar-refractivity contribution >= 4 is 99.4 Å². The van der Waals surface area contributed by atoms with Gasteiger partial charge in [-0.2, -0.15) is 0 Å². The number of thiazole rings is 1. The van der Waals surface area contributed by atoms with E-state index in [2.05, 4.69) is 24.8 Å². The van der Waals surface area contributed by atoms with Crippen LogP contribution in [-0.4, -0.2) is 88.9 Å². The fourth-order valence-corrected chi connectivity index (χ4v) is 5.48. The second kappa shape index (κ2) is 11.1. The Labute approximate surface area is 241 Å². The van der Waals surface area contributed by atoms with Gasteiger partial charge in [-0.15, -0.1) is 11.3 Å². The number of benzene rings is 2. The topological polar surface area (TPSA) is 161 Å². The molecule has 0 saturated heterocycles. The first-order valence-electron chi connectivity index (χ1n) is 10.3. The summed E-state index contributed by atoms with van der Waals surface area (Å²) in [6.07, 6.45) is 1.34. The number of fused-ring (bicyclic) bond motifs is 2. The number of hydrogen-bond donors (Lipinski definition) is 3. The number of nitrogens with one attached hydrogen (secondary N) is 1. The Morgan fingerprint density at radius 3 is 2.50 bits per heavy atom. The van der Waals surface area contributed by atoms with Crippen LogP contribution in [0.4, 0.5) is 11.5 Å². The van der Waals surface area contributed by atoms with E-state index >= 15 is 0 Å². The van der Waals surface area contributed by atoms with Crippen molar-refractivity contribution in [3.63, 3.8) is 0 Å². The second-order valence-electron chi connectivity index (χ2n) is 8.49. The molecule has 0 amide bonds. The molecule has 0 aliphatic carbocycles. The first-order chi connectivity index (χ1) is 16.3. The Hall–Kier alpha value is -1.41. The predicted molar refractivity (Wildman–Crippen MR) is 139 cm³/mol. The number of phosphoric ester groups is 1. The number of nitrogens with zero attached hydrogens (tertiary/aromatic N) is 3. The van der Waals surface area contributed by atoms with Crippen LogP contribution in [0.2, 0.25) is 0 Å². The molecular formula is C21H23CaN4O7PS2. The molecule has 0 aliphatic heterocycles. The maximum Gasteiger partial charge on any atom is 0.469 e. The third-order valence-corrected chi connectivity index (χ3v) is 8.83.